The number of Topliss-reactive ketones (excluding diaryl/α,β-unsaturated/α-hetero) is 1. The summed E-state index contributed by atoms with van der Waals surface area (Å²) in [5.41, 5.74) is 5.87. The molecular weight excluding hydrogens is 364 g/mol. The van der Waals surface area contributed by atoms with Crippen LogP contribution in [0.15, 0.2) is 59.9 Å². The zero-order valence-electron chi connectivity index (χ0n) is 16.5. The van der Waals surface area contributed by atoms with Crippen LogP contribution in [0.4, 0.5) is 5.69 Å². The van der Waals surface area contributed by atoms with Crippen LogP contribution >= 0.6 is 0 Å². The van der Waals surface area contributed by atoms with Gasteiger partial charge in [-0.25, -0.2) is 0 Å². The third kappa shape index (κ3) is 2.77. The number of anilines is 1. The predicted molar refractivity (Wildman–Crippen MR) is 113 cm³/mol. The highest BCUT2D eigenvalue weighted by molar-refractivity contribution is 6.03. The predicted octanol–water partition coefficient (Wildman–Crippen LogP) is 4.82. The Hall–Kier alpha value is -3.34. The highest BCUT2D eigenvalue weighted by Gasteiger charge is 2.37. The summed E-state index contributed by atoms with van der Waals surface area (Å²) >= 11 is 0. The van der Waals surface area contributed by atoms with Crippen LogP contribution in [0, 0.1) is 0 Å². The highest BCUT2D eigenvalue weighted by atomic mass is 16.5. The fraction of sp³-hybridized carbons (Fsp3) is 0.250. The number of hydrogen-bond donors (Lipinski definition) is 1. The van der Waals surface area contributed by atoms with Crippen LogP contribution in [-0.2, 0) is 4.79 Å². The summed E-state index contributed by atoms with van der Waals surface area (Å²) in [5, 5.41) is 4.59. The number of fused-ring (bicyclic) bond motifs is 3. The smallest absolute Gasteiger partial charge is 0.161 e. The van der Waals surface area contributed by atoms with Crippen molar-refractivity contribution in [2.75, 3.05) is 19.5 Å². The molecule has 5 heteroatoms. The van der Waals surface area contributed by atoms with E-state index in [0.29, 0.717) is 12.2 Å². The average molecular weight is 386 g/mol. The van der Waals surface area contributed by atoms with Crippen molar-refractivity contribution in [2.45, 2.75) is 25.2 Å². The summed E-state index contributed by atoms with van der Waals surface area (Å²) in [6, 6.07) is 13.9. The second-order valence-corrected chi connectivity index (χ2v) is 7.43. The van der Waals surface area contributed by atoms with Crippen LogP contribution in [0.5, 0.6) is 11.5 Å². The lowest BCUT2D eigenvalue weighted by molar-refractivity contribution is -0.116. The minimum absolute atomic E-state index is 0.202. The van der Waals surface area contributed by atoms with E-state index in [1.54, 1.807) is 20.4 Å². The van der Waals surface area contributed by atoms with Gasteiger partial charge in [0.1, 0.15) is 11.5 Å². The number of ether oxygens (including phenoxy) is 2. The third-order valence-corrected chi connectivity index (χ3v) is 5.90. The normalized spacial score (nSPS) is 18.1. The number of nitrogens with zero attached hydrogens (tertiary/aromatic N) is 1. The van der Waals surface area contributed by atoms with Gasteiger partial charge in [0.15, 0.2) is 5.78 Å². The summed E-state index contributed by atoms with van der Waals surface area (Å²) in [6.45, 7) is 0. The molecular formula is C24H22N2O3. The molecule has 1 aliphatic heterocycles. The molecule has 2 heterocycles. The summed E-state index contributed by atoms with van der Waals surface area (Å²) in [5.74, 6) is 1.44. The molecule has 3 aromatic rings. The van der Waals surface area contributed by atoms with Gasteiger partial charge in [-0.2, -0.15) is 0 Å². The van der Waals surface area contributed by atoms with Crippen molar-refractivity contribution in [2.24, 2.45) is 0 Å². The lowest BCUT2D eigenvalue weighted by Crippen LogP contribution is -2.27. The van der Waals surface area contributed by atoms with Crippen molar-refractivity contribution in [1.82, 2.24) is 4.98 Å². The van der Waals surface area contributed by atoms with Gasteiger partial charge in [-0.05, 0) is 42.7 Å². The van der Waals surface area contributed by atoms with Gasteiger partial charge < -0.3 is 14.8 Å². The van der Waals surface area contributed by atoms with Crippen LogP contribution in [0.3, 0.4) is 0 Å². The molecule has 1 aliphatic carbocycles. The van der Waals surface area contributed by atoms with Crippen molar-refractivity contribution in [3.63, 3.8) is 0 Å². The number of aromatic nitrogens is 1. The molecule has 1 atom stereocenters. The molecule has 146 valence electrons. The number of carbonyl (C=O) groups is 1. The molecule has 0 amide bonds. The molecule has 0 bridgehead atoms. The maximum atomic E-state index is 13.1. The fourth-order valence-electron chi connectivity index (χ4n) is 4.60. The largest absolute Gasteiger partial charge is 0.497 e. The van der Waals surface area contributed by atoms with E-state index >= 15 is 0 Å². The molecule has 0 fully saturated rings. The molecule has 2 aliphatic rings. The summed E-state index contributed by atoms with van der Waals surface area (Å²) in [6.07, 6.45) is 4.13. The first-order chi connectivity index (χ1) is 14.2. The van der Waals surface area contributed by atoms with Gasteiger partial charge in [0.2, 0.25) is 0 Å². The van der Waals surface area contributed by atoms with Crippen molar-refractivity contribution < 1.29 is 14.3 Å². The van der Waals surface area contributed by atoms with Gasteiger partial charge in [0.25, 0.3) is 0 Å². The average Bonchev–Trinajstić information content (AvgIpc) is 2.77. The van der Waals surface area contributed by atoms with Crippen molar-refractivity contribution in [3.05, 3.63) is 71.1 Å². The Kier molecular flexibility index (Phi) is 4.23. The summed E-state index contributed by atoms with van der Waals surface area (Å²) in [7, 11) is 3.29. The van der Waals surface area contributed by atoms with Gasteiger partial charge in [-0.15, -0.1) is 0 Å². The number of rotatable bonds is 3. The molecule has 0 radical (unpaired) electrons. The summed E-state index contributed by atoms with van der Waals surface area (Å²) in [4.78, 5) is 17.6. The number of allylic oxidation sites excluding steroid dienone is 2. The van der Waals surface area contributed by atoms with Gasteiger partial charge in [-0.3, -0.25) is 9.78 Å². The Labute approximate surface area is 169 Å². The van der Waals surface area contributed by atoms with E-state index in [4.69, 9.17) is 9.47 Å². The molecule has 29 heavy (non-hydrogen) atoms. The topological polar surface area (TPSA) is 60.5 Å². The number of ketones is 1. The van der Waals surface area contributed by atoms with Crippen molar-refractivity contribution in [1.29, 1.82) is 0 Å². The molecule has 2 aromatic carbocycles. The molecule has 1 N–H and O–H groups in total. The van der Waals surface area contributed by atoms with E-state index < -0.39 is 0 Å². The van der Waals surface area contributed by atoms with Gasteiger partial charge in [0.05, 0.1) is 19.7 Å². The molecule has 0 saturated heterocycles. The van der Waals surface area contributed by atoms with E-state index in [9.17, 15) is 4.79 Å². The van der Waals surface area contributed by atoms with E-state index in [2.05, 4.69) is 22.4 Å². The number of pyridine rings is 1. The second kappa shape index (κ2) is 6.92. The zero-order valence-corrected chi connectivity index (χ0v) is 16.5. The molecule has 0 saturated carbocycles. The van der Waals surface area contributed by atoms with E-state index in [1.807, 2.05) is 30.3 Å². The molecule has 1 unspecified atom stereocenters. The second-order valence-electron chi connectivity index (χ2n) is 7.43. The van der Waals surface area contributed by atoms with Crippen LogP contribution in [0.25, 0.3) is 10.9 Å². The van der Waals surface area contributed by atoms with Gasteiger partial charge in [0, 0.05) is 52.5 Å². The van der Waals surface area contributed by atoms with Crippen molar-refractivity contribution in [3.8, 4) is 11.5 Å². The zero-order chi connectivity index (χ0) is 20.0. The number of methoxy groups -OCH3 is 2. The lowest BCUT2D eigenvalue weighted by Gasteiger charge is -2.35. The minimum atomic E-state index is -0.206. The Bertz CT molecular complexity index is 1170. The van der Waals surface area contributed by atoms with E-state index in [-0.39, 0.29) is 11.7 Å². The van der Waals surface area contributed by atoms with Gasteiger partial charge in [-0.1, -0.05) is 12.1 Å². The first-order valence-electron chi connectivity index (χ1n) is 9.84. The van der Waals surface area contributed by atoms with E-state index in [1.165, 1.54) is 0 Å². The minimum Gasteiger partial charge on any atom is -0.497 e. The van der Waals surface area contributed by atoms with Crippen molar-refractivity contribution >= 4 is 22.4 Å². The molecule has 5 nitrogen and oxygen atoms in total. The van der Waals surface area contributed by atoms with Crippen LogP contribution in [0.2, 0.25) is 0 Å². The number of hydrogen-bond acceptors (Lipinski definition) is 5. The molecule has 1 aromatic heterocycles. The number of carbonyl (C=O) groups excluding carboxylic acids is 1. The van der Waals surface area contributed by atoms with Crippen LogP contribution in [0.1, 0.15) is 36.3 Å². The summed E-state index contributed by atoms with van der Waals surface area (Å²) < 4.78 is 11.1. The maximum absolute atomic E-state index is 13.1. The van der Waals surface area contributed by atoms with Crippen LogP contribution in [-0.4, -0.2) is 25.0 Å². The number of benzene rings is 2. The first-order valence-corrected chi connectivity index (χ1v) is 9.84. The Morgan fingerprint density at radius 2 is 1.97 bits per heavy atom. The van der Waals surface area contributed by atoms with E-state index in [0.717, 1.165) is 57.6 Å². The monoisotopic (exact) mass is 386 g/mol. The quantitative estimate of drug-likeness (QED) is 0.700. The molecule has 0 spiro atoms. The fourth-order valence-corrected chi connectivity index (χ4v) is 4.60. The first kappa shape index (κ1) is 17.7. The Balaban J connectivity index is 1.83. The standard InChI is InChI=1S/C24H22N2O3/c1-28-14-8-9-16(21(13-14)29-2)23-22-15-5-4-12-25-17(15)10-11-19(22)26-18-6-3-7-20(27)24(18)23/h4-5,8-13,23,26H,3,6-7H2,1-2H3. The Morgan fingerprint density at radius 1 is 1.07 bits per heavy atom. The van der Waals surface area contributed by atoms with Gasteiger partial charge >= 0.3 is 0 Å². The maximum Gasteiger partial charge on any atom is 0.161 e. The third-order valence-electron chi connectivity index (χ3n) is 5.90. The SMILES string of the molecule is COc1ccc(C2C3=C(CCCC3=O)Nc3ccc4ncccc4c32)c(OC)c1. The van der Waals surface area contributed by atoms with Crippen LogP contribution < -0.4 is 14.8 Å². The highest BCUT2D eigenvalue weighted by Crippen LogP contribution is 2.50. The number of nitrogens with one attached hydrogen (secondary N) is 1. The molecule has 5 rings (SSSR count). The lowest BCUT2D eigenvalue weighted by atomic mass is 9.74. The Morgan fingerprint density at radius 3 is 2.79 bits per heavy atom.